The summed E-state index contributed by atoms with van der Waals surface area (Å²) in [6.07, 6.45) is 0. The van der Waals surface area contributed by atoms with Gasteiger partial charge in [-0.05, 0) is 106 Å². The Morgan fingerprint density at radius 3 is 2.00 bits per heavy atom. The second kappa shape index (κ2) is 9.21. The molecule has 0 aliphatic rings. The summed E-state index contributed by atoms with van der Waals surface area (Å²) >= 11 is 10.1. The Morgan fingerprint density at radius 1 is 0.781 bits per heavy atom. The summed E-state index contributed by atoms with van der Waals surface area (Å²) in [6.45, 7) is 8.31. The molecule has 162 valence electrons. The van der Waals surface area contributed by atoms with Gasteiger partial charge in [0.2, 0.25) is 0 Å². The molecule has 0 aliphatic heterocycles. The molecule has 0 N–H and O–H groups in total. The van der Waals surface area contributed by atoms with Gasteiger partial charge in [-0.2, -0.15) is 0 Å². The molecule has 6 heteroatoms. The molecule has 5 rings (SSSR count). The van der Waals surface area contributed by atoms with Crippen LogP contribution in [-0.4, -0.2) is 0 Å². The van der Waals surface area contributed by atoms with Crippen molar-refractivity contribution in [2.45, 2.75) is 32.6 Å². The van der Waals surface area contributed by atoms with E-state index in [1.54, 1.807) is 0 Å². The van der Waals surface area contributed by atoms with Gasteiger partial charge in [-0.1, -0.05) is 36.4 Å². The summed E-state index contributed by atoms with van der Waals surface area (Å²) in [4.78, 5) is 6.79. The third kappa shape index (κ3) is 4.09. The fraction of sp³-hybridized carbons (Fsp3) is 0.154. The van der Waals surface area contributed by atoms with Crippen molar-refractivity contribution in [3.05, 3.63) is 86.2 Å². The third-order valence-electron chi connectivity index (χ3n) is 5.50. The molecule has 0 fully saturated rings. The Kier molecular flexibility index (Phi) is 6.50. The first-order chi connectivity index (χ1) is 15.4. The maximum Gasteiger partial charge on any atom is 0.0223 e. The van der Waals surface area contributed by atoms with Crippen molar-refractivity contribution in [1.82, 2.24) is 0 Å². The van der Waals surface area contributed by atoms with Gasteiger partial charge in [0.05, 0.1) is 0 Å². The molecule has 5 aromatic rings. The highest BCUT2D eigenvalue weighted by molar-refractivity contribution is 9.02. The van der Waals surface area contributed by atoms with E-state index in [0.717, 1.165) is 0 Å². The normalized spacial score (nSPS) is 13.1. The second-order valence-electron chi connectivity index (χ2n) is 7.80. The van der Waals surface area contributed by atoms with Crippen LogP contribution in [0.2, 0.25) is 0 Å². The van der Waals surface area contributed by atoms with Crippen molar-refractivity contribution in [3.63, 3.8) is 0 Å². The Hall–Kier alpha value is -1.20. The number of rotatable bonds is 5. The molecule has 0 aliphatic carbocycles. The molecule has 2 unspecified atom stereocenters. The molecule has 0 saturated carbocycles. The lowest BCUT2D eigenvalue weighted by atomic mass is 9.99. The van der Waals surface area contributed by atoms with Gasteiger partial charge in [-0.15, -0.1) is 22.7 Å². The predicted octanol–water partition coefficient (Wildman–Crippen LogP) is 10.1. The van der Waals surface area contributed by atoms with Crippen LogP contribution < -0.4 is 0 Å². The van der Waals surface area contributed by atoms with Crippen LogP contribution in [0.3, 0.4) is 0 Å². The smallest absolute Gasteiger partial charge is 0.0223 e. The quantitative estimate of drug-likeness (QED) is 0.209. The topological polar surface area (TPSA) is 0 Å². The van der Waals surface area contributed by atoms with Crippen molar-refractivity contribution < 1.29 is 0 Å². The summed E-state index contributed by atoms with van der Waals surface area (Å²) in [6, 6.07) is 24.4. The molecule has 32 heavy (non-hydrogen) atoms. The number of hydrogen-bond acceptors (Lipinski definition) is 4. The number of thiophene rings is 2. The van der Waals surface area contributed by atoms with Gasteiger partial charge >= 0.3 is 0 Å². The SMILES string of the molecule is Cc1cc(-c2c(-c3cc(C)sc3C)p(S(=S)Sc3ccccc3)c3ccccc23)c(C)s1. The van der Waals surface area contributed by atoms with Gasteiger partial charge in [0, 0.05) is 45.9 Å². The molecular formula is C26H23PS5. The standard InChI is InChI=1S/C26H23PS5/c1-16-14-22(18(3)29-16)25-21-12-8-9-13-24(21)27(26(25)23-15-17(2)30-19(23)4)32(28)31-20-10-6-5-7-11-20/h5-15H,1-4H3. The first-order valence-corrected chi connectivity index (χ1v) is 17.4. The van der Waals surface area contributed by atoms with E-state index in [9.17, 15) is 0 Å². The molecule has 0 bridgehead atoms. The van der Waals surface area contributed by atoms with Gasteiger partial charge in [0.25, 0.3) is 0 Å². The summed E-state index contributed by atoms with van der Waals surface area (Å²) in [5.74, 6) is 0. The lowest BCUT2D eigenvalue weighted by Crippen LogP contribution is -1.82. The largest absolute Gasteiger partial charge is 0.145 e. The molecule has 0 spiro atoms. The van der Waals surface area contributed by atoms with Crippen LogP contribution in [0.4, 0.5) is 0 Å². The van der Waals surface area contributed by atoms with Crippen LogP contribution in [0.5, 0.6) is 0 Å². The minimum Gasteiger partial charge on any atom is -0.145 e. The van der Waals surface area contributed by atoms with Gasteiger partial charge in [0.1, 0.15) is 0 Å². The van der Waals surface area contributed by atoms with Gasteiger partial charge in [0.15, 0.2) is 0 Å². The van der Waals surface area contributed by atoms with Gasteiger partial charge < -0.3 is 0 Å². The fourth-order valence-corrected chi connectivity index (χ4v) is 16.7. The molecule has 0 saturated heterocycles. The molecule has 3 heterocycles. The number of hydrogen-bond donors (Lipinski definition) is 0. The van der Waals surface area contributed by atoms with E-state index in [1.807, 2.05) is 33.5 Å². The minimum atomic E-state index is -0.658. The summed E-state index contributed by atoms with van der Waals surface area (Å²) < 4.78 is 0. The predicted molar refractivity (Wildman–Crippen MR) is 155 cm³/mol. The third-order valence-corrected chi connectivity index (χ3v) is 17.0. The van der Waals surface area contributed by atoms with Crippen LogP contribution in [0, 0.1) is 27.7 Å². The van der Waals surface area contributed by atoms with Crippen molar-refractivity contribution >= 4 is 70.0 Å². The highest BCUT2D eigenvalue weighted by Gasteiger charge is 2.26. The van der Waals surface area contributed by atoms with E-state index in [0.29, 0.717) is 0 Å². The van der Waals surface area contributed by atoms with E-state index in [2.05, 4.69) is 94.4 Å². The van der Waals surface area contributed by atoms with E-state index in [-0.39, 0.29) is 8.11 Å². The van der Waals surface area contributed by atoms with Gasteiger partial charge in [-0.25, -0.2) is 0 Å². The summed E-state index contributed by atoms with van der Waals surface area (Å²) in [7, 11) is 1.60. The molecule has 0 nitrogen and oxygen atoms in total. The van der Waals surface area contributed by atoms with Crippen LogP contribution in [0.25, 0.3) is 32.5 Å². The summed E-state index contributed by atoms with van der Waals surface area (Å²) in [5.41, 5.74) is 4.22. The zero-order chi connectivity index (χ0) is 22.4. The van der Waals surface area contributed by atoms with E-state index in [4.69, 9.17) is 11.2 Å². The highest BCUT2D eigenvalue weighted by Crippen LogP contribution is 2.62. The first kappa shape index (κ1) is 22.6. The zero-order valence-electron chi connectivity index (χ0n) is 18.3. The van der Waals surface area contributed by atoms with Crippen LogP contribution >= 0.6 is 40.2 Å². The number of aryl methyl sites for hydroxylation is 4. The monoisotopic (exact) mass is 526 g/mol. The van der Waals surface area contributed by atoms with E-state index < -0.39 is 6.74 Å². The Balaban J connectivity index is 1.85. The summed E-state index contributed by atoms with van der Waals surface area (Å²) in [5, 5.41) is 4.32. The minimum absolute atomic E-state index is 0.267. The fourth-order valence-electron chi connectivity index (χ4n) is 4.22. The molecular weight excluding hydrogens is 504 g/mol. The Labute approximate surface area is 209 Å². The van der Waals surface area contributed by atoms with Crippen molar-refractivity contribution in [3.8, 4) is 22.0 Å². The average Bonchev–Trinajstić information content (AvgIpc) is 3.39. The second-order valence-corrected chi connectivity index (χ2v) is 20.1. The van der Waals surface area contributed by atoms with E-state index in [1.165, 1.54) is 56.9 Å². The molecule has 2 atom stereocenters. The maximum atomic E-state index is 6.31. The van der Waals surface area contributed by atoms with Crippen LogP contribution in [-0.2, 0) is 19.3 Å². The van der Waals surface area contributed by atoms with Crippen molar-refractivity contribution in [1.29, 1.82) is 0 Å². The number of fused-ring (bicyclic) bond motifs is 1. The molecule has 3 aromatic heterocycles. The van der Waals surface area contributed by atoms with Gasteiger partial charge in [-0.3, -0.25) is 0 Å². The lowest BCUT2D eigenvalue weighted by Gasteiger charge is -2.12. The molecule has 0 amide bonds. The Bertz CT molecular complexity index is 1450. The molecule has 2 aromatic carbocycles. The lowest BCUT2D eigenvalue weighted by molar-refractivity contribution is 1.48. The van der Waals surface area contributed by atoms with Crippen LogP contribution in [0.15, 0.2) is 71.6 Å². The van der Waals surface area contributed by atoms with Crippen LogP contribution in [0.1, 0.15) is 19.5 Å². The first-order valence-electron chi connectivity index (χ1n) is 10.4. The Morgan fingerprint density at radius 2 is 1.38 bits per heavy atom. The average molecular weight is 527 g/mol. The van der Waals surface area contributed by atoms with Crippen molar-refractivity contribution in [2.24, 2.45) is 0 Å². The van der Waals surface area contributed by atoms with Crippen molar-refractivity contribution in [2.75, 3.05) is 0 Å². The highest BCUT2D eigenvalue weighted by atomic mass is 33.5. The van der Waals surface area contributed by atoms with E-state index >= 15 is 0 Å². The molecule has 0 radical (unpaired) electrons. The maximum absolute atomic E-state index is 6.31. The number of benzene rings is 2. The zero-order valence-corrected chi connectivity index (χ0v) is 23.3.